The molecule has 0 unspecified atom stereocenters. The highest BCUT2D eigenvalue weighted by molar-refractivity contribution is 5.41. The first-order chi connectivity index (χ1) is 14.6. The number of anilines is 1. The van der Waals surface area contributed by atoms with Crippen molar-refractivity contribution in [2.24, 2.45) is 0 Å². The van der Waals surface area contributed by atoms with Crippen LogP contribution in [0.1, 0.15) is 16.8 Å². The lowest BCUT2D eigenvalue weighted by Crippen LogP contribution is -2.14. The summed E-state index contributed by atoms with van der Waals surface area (Å²) in [6.45, 7) is 1.53. The Balaban J connectivity index is 1.40. The van der Waals surface area contributed by atoms with Crippen molar-refractivity contribution < 1.29 is 10.0 Å². The number of hydrogen-bond donors (Lipinski definition) is 3. The summed E-state index contributed by atoms with van der Waals surface area (Å²) in [6.07, 6.45) is 0. The predicted octanol–water partition coefficient (Wildman–Crippen LogP) is 2.64. The lowest BCUT2D eigenvalue weighted by atomic mass is 10.2. The summed E-state index contributed by atoms with van der Waals surface area (Å²) in [7, 11) is 0. The van der Waals surface area contributed by atoms with Crippen LogP contribution in [0, 0.1) is 10.1 Å². The first-order valence-corrected chi connectivity index (χ1v) is 9.26. The number of fused-ring (bicyclic) bond motifs is 1. The molecule has 0 aliphatic carbocycles. The number of nitrogens with zero attached hydrogens (tertiary/aromatic N) is 5. The molecule has 0 radical (unpaired) electrons. The highest BCUT2D eigenvalue weighted by Gasteiger charge is 2.11. The van der Waals surface area contributed by atoms with Crippen molar-refractivity contribution >= 4 is 17.4 Å². The van der Waals surface area contributed by atoms with Crippen LogP contribution >= 0.6 is 0 Å². The number of rotatable bonds is 8. The van der Waals surface area contributed by atoms with Gasteiger partial charge < -0.3 is 15.7 Å². The van der Waals surface area contributed by atoms with Gasteiger partial charge in [0.05, 0.1) is 10.6 Å². The molecule has 0 saturated heterocycles. The minimum atomic E-state index is -0.443. The molecule has 152 valence electrons. The van der Waals surface area contributed by atoms with Crippen molar-refractivity contribution in [1.29, 1.82) is 0 Å². The Labute approximate surface area is 171 Å². The Bertz CT molecular complexity index is 1160. The second kappa shape index (κ2) is 8.53. The van der Waals surface area contributed by atoms with Crippen molar-refractivity contribution in [2.75, 3.05) is 5.32 Å². The van der Waals surface area contributed by atoms with Gasteiger partial charge in [-0.1, -0.05) is 42.5 Å². The minimum Gasteiger partial charge on any atom is -0.493 e. The Morgan fingerprint density at radius 2 is 1.70 bits per heavy atom. The van der Waals surface area contributed by atoms with E-state index < -0.39 is 4.92 Å². The molecule has 0 amide bonds. The van der Waals surface area contributed by atoms with Crippen LogP contribution in [0.25, 0.3) is 5.78 Å². The fourth-order valence-electron chi connectivity index (χ4n) is 2.91. The van der Waals surface area contributed by atoms with Crippen LogP contribution in [0.4, 0.5) is 11.6 Å². The predicted molar refractivity (Wildman–Crippen MR) is 110 cm³/mol. The van der Waals surface area contributed by atoms with Crippen LogP contribution in [0.5, 0.6) is 5.88 Å². The summed E-state index contributed by atoms with van der Waals surface area (Å²) in [5.74, 6) is 0.510. The third kappa shape index (κ3) is 4.50. The van der Waals surface area contributed by atoms with Gasteiger partial charge in [-0.2, -0.15) is 9.50 Å². The Hall–Kier alpha value is -4.05. The molecule has 2 aromatic heterocycles. The molecule has 30 heavy (non-hydrogen) atoms. The SMILES string of the molecule is O=[N+]([O-])c1ccc(CNc2nc3nc(CNCc4ccccc4)cc(O)n3n2)cc1. The molecule has 0 atom stereocenters. The number of aromatic hydroxyl groups is 1. The first-order valence-electron chi connectivity index (χ1n) is 9.26. The number of benzene rings is 2. The van der Waals surface area contributed by atoms with Gasteiger partial charge in [0.1, 0.15) is 0 Å². The van der Waals surface area contributed by atoms with Gasteiger partial charge in [0.25, 0.3) is 11.5 Å². The van der Waals surface area contributed by atoms with Gasteiger partial charge in [-0.3, -0.25) is 10.1 Å². The monoisotopic (exact) mass is 405 g/mol. The minimum absolute atomic E-state index is 0.0344. The molecule has 0 aliphatic heterocycles. The van der Waals surface area contributed by atoms with Crippen LogP contribution in [-0.4, -0.2) is 29.6 Å². The molecule has 3 N–H and O–H groups in total. The number of nitro groups is 1. The maximum atomic E-state index is 10.7. The molecule has 10 nitrogen and oxygen atoms in total. The molecule has 0 spiro atoms. The fraction of sp³-hybridized carbons (Fsp3) is 0.150. The summed E-state index contributed by atoms with van der Waals surface area (Å²) in [6, 6.07) is 17.7. The number of aromatic nitrogens is 4. The zero-order chi connectivity index (χ0) is 20.9. The van der Waals surface area contributed by atoms with Crippen molar-refractivity contribution in [1.82, 2.24) is 24.9 Å². The van der Waals surface area contributed by atoms with Crippen molar-refractivity contribution in [3.8, 4) is 5.88 Å². The molecule has 0 aliphatic rings. The molecule has 0 bridgehead atoms. The van der Waals surface area contributed by atoms with E-state index in [-0.39, 0.29) is 17.3 Å². The molecule has 4 rings (SSSR count). The van der Waals surface area contributed by atoms with Crippen molar-refractivity contribution in [3.63, 3.8) is 0 Å². The summed E-state index contributed by atoms with van der Waals surface area (Å²) in [5.41, 5.74) is 2.67. The third-order valence-corrected chi connectivity index (χ3v) is 4.42. The van der Waals surface area contributed by atoms with Gasteiger partial charge in [0.15, 0.2) is 0 Å². The number of nitrogens with one attached hydrogen (secondary N) is 2. The molecule has 10 heteroatoms. The van der Waals surface area contributed by atoms with E-state index in [1.807, 2.05) is 30.3 Å². The van der Waals surface area contributed by atoms with Gasteiger partial charge in [-0.25, -0.2) is 4.98 Å². The topological polar surface area (TPSA) is 131 Å². The molecular weight excluding hydrogens is 386 g/mol. The van der Waals surface area contributed by atoms with Crippen molar-refractivity contribution in [2.45, 2.75) is 19.6 Å². The first kappa shape index (κ1) is 19.3. The molecule has 0 fully saturated rings. The number of hydrogen-bond acceptors (Lipinski definition) is 8. The second-order valence-corrected chi connectivity index (χ2v) is 6.62. The number of non-ortho nitro benzene ring substituents is 1. The largest absolute Gasteiger partial charge is 0.493 e. The van der Waals surface area contributed by atoms with Crippen LogP contribution in [0.2, 0.25) is 0 Å². The lowest BCUT2D eigenvalue weighted by Gasteiger charge is -2.05. The average Bonchev–Trinajstić information content (AvgIpc) is 3.17. The normalized spacial score (nSPS) is 10.9. The smallest absolute Gasteiger partial charge is 0.269 e. The summed E-state index contributed by atoms with van der Waals surface area (Å²) < 4.78 is 1.25. The Morgan fingerprint density at radius 3 is 2.43 bits per heavy atom. The maximum absolute atomic E-state index is 10.7. The van der Waals surface area contributed by atoms with E-state index in [9.17, 15) is 15.2 Å². The van der Waals surface area contributed by atoms with Gasteiger partial charge in [-0.15, -0.1) is 5.10 Å². The van der Waals surface area contributed by atoms with Crippen LogP contribution in [-0.2, 0) is 19.6 Å². The van der Waals surface area contributed by atoms with Gasteiger partial charge in [0, 0.05) is 37.8 Å². The summed E-state index contributed by atoms with van der Waals surface area (Å²) >= 11 is 0. The highest BCUT2D eigenvalue weighted by atomic mass is 16.6. The molecule has 2 heterocycles. The highest BCUT2D eigenvalue weighted by Crippen LogP contribution is 2.16. The standard InChI is InChI=1S/C20H19N7O3/c28-18-10-16(13-21-11-14-4-2-1-3-5-14)23-20-24-19(25-26(18)20)22-12-15-6-8-17(9-7-15)27(29)30/h1-10,21,28H,11-13H2,(H,22,25). The van der Waals surface area contributed by atoms with Crippen LogP contribution < -0.4 is 10.6 Å². The fourth-order valence-corrected chi connectivity index (χ4v) is 2.91. The molecule has 0 saturated carbocycles. The quantitative estimate of drug-likeness (QED) is 0.301. The molecule has 2 aromatic carbocycles. The van der Waals surface area contributed by atoms with E-state index in [1.54, 1.807) is 18.2 Å². The van der Waals surface area contributed by atoms with Gasteiger partial charge >= 0.3 is 0 Å². The van der Waals surface area contributed by atoms with Gasteiger partial charge in [0.2, 0.25) is 11.8 Å². The zero-order valence-electron chi connectivity index (χ0n) is 15.9. The van der Waals surface area contributed by atoms with Crippen LogP contribution in [0.15, 0.2) is 60.7 Å². The van der Waals surface area contributed by atoms with Crippen LogP contribution in [0.3, 0.4) is 0 Å². The van der Waals surface area contributed by atoms with E-state index >= 15 is 0 Å². The van der Waals surface area contributed by atoms with E-state index in [4.69, 9.17) is 0 Å². The maximum Gasteiger partial charge on any atom is 0.269 e. The lowest BCUT2D eigenvalue weighted by molar-refractivity contribution is -0.384. The van der Waals surface area contributed by atoms with E-state index in [0.29, 0.717) is 31.3 Å². The van der Waals surface area contributed by atoms with E-state index in [0.717, 1.165) is 11.1 Å². The third-order valence-electron chi connectivity index (χ3n) is 4.42. The zero-order valence-corrected chi connectivity index (χ0v) is 15.9. The Kier molecular flexibility index (Phi) is 5.48. The average molecular weight is 405 g/mol. The summed E-state index contributed by atoms with van der Waals surface area (Å²) in [5, 5.41) is 31.5. The number of nitro benzene ring substituents is 1. The summed E-state index contributed by atoms with van der Waals surface area (Å²) in [4.78, 5) is 19.0. The molecule has 4 aromatic rings. The van der Waals surface area contributed by atoms with E-state index in [2.05, 4.69) is 25.7 Å². The van der Waals surface area contributed by atoms with Gasteiger partial charge in [-0.05, 0) is 11.1 Å². The second-order valence-electron chi connectivity index (χ2n) is 6.62. The molecular formula is C20H19N7O3. The Morgan fingerprint density at radius 1 is 0.967 bits per heavy atom. The van der Waals surface area contributed by atoms with Crippen molar-refractivity contribution in [3.05, 3.63) is 87.6 Å². The van der Waals surface area contributed by atoms with E-state index in [1.165, 1.54) is 16.6 Å².